The highest BCUT2D eigenvalue weighted by atomic mass is 32.1. The van der Waals surface area contributed by atoms with Gasteiger partial charge in [0, 0.05) is 11.8 Å². The molecule has 0 aromatic rings. The van der Waals surface area contributed by atoms with Crippen LogP contribution in [0.25, 0.3) is 0 Å². The molecule has 3 unspecified atom stereocenters. The van der Waals surface area contributed by atoms with Crippen molar-refractivity contribution in [3.63, 3.8) is 0 Å². The molecule has 0 heterocycles. The SMILES string of the molecule is CNC(=O)C(NC(=O)C(CC(C)C)C(O)C(=O)NO)C(C)(C)S. The predicted molar refractivity (Wildman–Crippen MR) is 87.9 cm³/mol. The van der Waals surface area contributed by atoms with Crippen molar-refractivity contribution in [3.05, 3.63) is 0 Å². The molecule has 0 saturated carbocycles. The molecule has 8 nitrogen and oxygen atoms in total. The van der Waals surface area contributed by atoms with Gasteiger partial charge in [0.25, 0.3) is 5.91 Å². The maximum atomic E-state index is 12.5. The van der Waals surface area contributed by atoms with Gasteiger partial charge < -0.3 is 15.7 Å². The first kappa shape index (κ1) is 21.7. The fourth-order valence-corrected chi connectivity index (χ4v) is 2.27. The number of carbonyl (C=O) groups excluding carboxylic acids is 3. The van der Waals surface area contributed by atoms with Crippen LogP contribution in [0.5, 0.6) is 0 Å². The van der Waals surface area contributed by atoms with Gasteiger partial charge in [-0.3, -0.25) is 19.6 Å². The third-order valence-corrected chi connectivity index (χ3v) is 3.58. The molecule has 0 fully saturated rings. The molecule has 0 aromatic heterocycles. The van der Waals surface area contributed by atoms with E-state index in [0.29, 0.717) is 0 Å². The van der Waals surface area contributed by atoms with Crippen LogP contribution in [0.1, 0.15) is 34.1 Å². The summed E-state index contributed by atoms with van der Waals surface area (Å²) in [5, 5.41) is 23.6. The molecule has 0 aromatic carbocycles. The van der Waals surface area contributed by atoms with Gasteiger partial charge in [-0.2, -0.15) is 12.6 Å². The van der Waals surface area contributed by atoms with Crippen molar-refractivity contribution in [1.29, 1.82) is 0 Å². The second-order valence-electron chi connectivity index (χ2n) is 6.37. The van der Waals surface area contributed by atoms with Gasteiger partial charge in [-0.05, 0) is 26.2 Å². The summed E-state index contributed by atoms with van der Waals surface area (Å²) in [6, 6.07) is -0.956. The van der Waals surface area contributed by atoms with E-state index in [4.69, 9.17) is 5.21 Å². The number of amides is 3. The Bertz CT molecular complexity index is 437. The smallest absolute Gasteiger partial charge is 0.272 e. The third kappa shape index (κ3) is 6.76. The van der Waals surface area contributed by atoms with Crippen molar-refractivity contribution >= 4 is 30.4 Å². The standard InChI is InChI=1S/C14H27N3O5S/c1-7(2)6-8(9(18)12(20)17-22)11(19)16-10(13(21)15-5)14(3,4)23/h7-10,18,22-23H,6H2,1-5H3,(H,15,21)(H,16,19)(H,17,20). The minimum absolute atomic E-state index is 0.00866. The first-order chi connectivity index (χ1) is 10.4. The van der Waals surface area contributed by atoms with Crippen LogP contribution < -0.4 is 16.1 Å². The average Bonchev–Trinajstić information content (AvgIpc) is 2.46. The molecule has 0 radical (unpaired) electrons. The largest absolute Gasteiger partial charge is 0.382 e. The monoisotopic (exact) mass is 349 g/mol. The molecule has 134 valence electrons. The zero-order valence-electron chi connectivity index (χ0n) is 14.1. The van der Waals surface area contributed by atoms with Crippen LogP contribution in [-0.4, -0.2) is 52.0 Å². The van der Waals surface area contributed by atoms with Crippen molar-refractivity contribution in [1.82, 2.24) is 16.1 Å². The third-order valence-electron chi connectivity index (χ3n) is 3.32. The molecular formula is C14H27N3O5S. The van der Waals surface area contributed by atoms with Gasteiger partial charge in [-0.1, -0.05) is 13.8 Å². The van der Waals surface area contributed by atoms with Gasteiger partial charge in [0.15, 0.2) is 0 Å². The van der Waals surface area contributed by atoms with Crippen LogP contribution in [0.2, 0.25) is 0 Å². The van der Waals surface area contributed by atoms with Gasteiger partial charge in [-0.25, -0.2) is 5.48 Å². The van der Waals surface area contributed by atoms with Crippen LogP contribution in [0.4, 0.5) is 0 Å². The summed E-state index contributed by atoms with van der Waals surface area (Å²) in [5.41, 5.74) is 1.33. The van der Waals surface area contributed by atoms with Gasteiger partial charge in [0.1, 0.15) is 12.1 Å². The quantitative estimate of drug-likeness (QED) is 0.199. The summed E-state index contributed by atoms with van der Waals surface area (Å²) < 4.78 is -0.859. The van der Waals surface area contributed by atoms with E-state index in [2.05, 4.69) is 23.3 Å². The molecule has 0 saturated heterocycles. The Morgan fingerprint density at radius 2 is 1.65 bits per heavy atom. The van der Waals surface area contributed by atoms with E-state index in [1.54, 1.807) is 13.8 Å². The summed E-state index contributed by atoms with van der Waals surface area (Å²) in [4.78, 5) is 35.8. The predicted octanol–water partition coefficient (Wildman–Crippen LogP) is -0.546. The Morgan fingerprint density at radius 3 is 2.00 bits per heavy atom. The van der Waals surface area contributed by atoms with E-state index >= 15 is 0 Å². The zero-order chi connectivity index (χ0) is 18.4. The van der Waals surface area contributed by atoms with E-state index in [9.17, 15) is 19.5 Å². The Balaban J connectivity index is 5.35. The van der Waals surface area contributed by atoms with Crippen molar-refractivity contribution in [3.8, 4) is 0 Å². The van der Waals surface area contributed by atoms with Crippen LogP contribution in [0.15, 0.2) is 0 Å². The number of thiol groups is 1. The molecule has 23 heavy (non-hydrogen) atoms. The first-order valence-corrected chi connectivity index (χ1v) is 7.76. The molecule has 0 aliphatic carbocycles. The second kappa shape index (κ2) is 9.09. The van der Waals surface area contributed by atoms with Crippen molar-refractivity contribution in [2.75, 3.05) is 7.05 Å². The van der Waals surface area contributed by atoms with E-state index in [0.717, 1.165) is 0 Å². The molecule has 0 aliphatic rings. The molecule has 0 spiro atoms. The average molecular weight is 349 g/mol. The molecule has 5 N–H and O–H groups in total. The maximum Gasteiger partial charge on any atom is 0.272 e. The molecular weight excluding hydrogens is 322 g/mol. The number of hydroxylamine groups is 1. The fourth-order valence-electron chi connectivity index (χ4n) is 2.09. The molecule has 0 bridgehead atoms. The highest BCUT2D eigenvalue weighted by Gasteiger charge is 2.38. The summed E-state index contributed by atoms with van der Waals surface area (Å²) in [5.74, 6) is -3.28. The lowest BCUT2D eigenvalue weighted by Gasteiger charge is -2.31. The number of hydrogen-bond donors (Lipinski definition) is 6. The normalized spacial score (nSPS) is 15.5. The molecule has 3 atom stereocenters. The summed E-state index contributed by atoms with van der Waals surface area (Å²) in [7, 11) is 1.43. The number of aliphatic hydroxyl groups is 1. The van der Waals surface area contributed by atoms with Crippen LogP contribution in [0.3, 0.4) is 0 Å². The van der Waals surface area contributed by atoms with E-state index in [1.165, 1.54) is 12.5 Å². The number of hydrogen-bond acceptors (Lipinski definition) is 6. The number of carbonyl (C=O) groups is 3. The van der Waals surface area contributed by atoms with Crippen molar-refractivity contribution < 1.29 is 24.7 Å². The van der Waals surface area contributed by atoms with Gasteiger partial charge >= 0.3 is 0 Å². The highest BCUT2D eigenvalue weighted by Crippen LogP contribution is 2.21. The van der Waals surface area contributed by atoms with Crippen LogP contribution in [0, 0.1) is 11.8 Å². The second-order valence-corrected chi connectivity index (χ2v) is 7.52. The van der Waals surface area contributed by atoms with Gasteiger partial charge in [0.05, 0.1) is 5.92 Å². The van der Waals surface area contributed by atoms with Crippen LogP contribution in [-0.2, 0) is 14.4 Å². The molecule has 3 amide bonds. The number of rotatable bonds is 8. The summed E-state index contributed by atoms with van der Waals surface area (Å²) in [6.07, 6.45) is -1.52. The molecule has 0 aliphatic heterocycles. The molecule has 0 rings (SSSR count). The van der Waals surface area contributed by atoms with E-state index in [-0.39, 0.29) is 12.3 Å². The topological polar surface area (TPSA) is 128 Å². The maximum absolute atomic E-state index is 12.5. The Labute approximate surface area is 141 Å². The minimum Gasteiger partial charge on any atom is -0.382 e. The van der Waals surface area contributed by atoms with Crippen molar-refractivity contribution in [2.24, 2.45) is 11.8 Å². The number of likely N-dealkylation sites (N-methyl/N-ethyl adjacent to an activating group) is 1. The lowest BCUT2D eigenvalue weighted by molar-refractivity contribution is -0.147. The van der Waals surface area contributed by atoms with Crippen LogP contribution >= 0.6 is 12.6 Å². The lowest BCUT2D eigenvalue weighted by atomic mass is 9.90. The number of aliphatic hydroxyl groups excluding tert-OH is 1. The number of nitrogens with one attached hydrogen (secondary N) is 3. The molecule has 9 heteroatoms. The Morgan fingerprint density at radius 1 is 1.13 bits per heavy atom. The minimum atomic E-state index is -1.73. The first-order valence-electron chi connectivity index (χ1n) is 7.32. The fraction of sp³-hybridized carbons (Fsp3) is 0.786. The van der Waals surface area contributed by atoms with Gasteiger partial charge in [0.2, 0.25) is 11.8 Å². The van der Waals surface area contributed by atoms with E-state index < -0.39 is 40.5 Å². The van der Waals surface area contributed by atoms with Crippen molar-refractivity contribution in [2.45, 2.75) is 51.0 Å². The van der Waals surface area contributed by atoms with Gasteiger partial charge in [-0.15, -0.1) is 0 Å². The summed E-state index contributed by atoms with van der Waals surface area (Å²) >= 11 is 4.31. The van der Waals surface area contributed by atoms with E-state index in [1.807, 2.05) is 13.8 Å². The summed E-state index contributed by atoms with van der Waals surface area (Å²) in [6.45, 7) is 6.96. The Hall–Kier alpha value is -1.32. The highest BCUT2D eigenvalue weighted by molar-refractivity contribution is 7.81. The zero-order valence-corrected chi connectivity index (χ0v) is 15.0. The Kier molecular flexibility index (Phi) is 8.57. The lowest BCUT2D eigenvalue weighted by Crippen LogP contribution is -2.57.